The minimum absolute atomic E-state index is 0.747. The molecule has 126 valence electrons. The Morgan fingerprint density at radius 3 is 2.96 bits per heavy atom. The molecule has 1 aromatic rings. The van der Waals surface area contributed by atoms with Crippen molar-refractivity contribution in [3.05, 3.63) is 46.5 Å². The average Bonchev–Trinajstić information content (AvgIpc) is 2.56. The zero-order valence-corrected chi connectivity index (χ0v) is 14.5. The van der Waals surface area contributed by atoms with Gasteiger partial charge in [-0.25, -0.2) is 0 Å². The smallest absolute Gasteiger partial charge is 0.191 e. The molecule has 1 aliphatic heterocycles. The molecule has 0 saturated carbocycles. The summed E-state index contributed by atoms with van der Waals surface area (Å²) < 4.78 is 5.32. The predicted octanol–water partition coefficient (Wildman–Crippen LogP) is 3.17. The highest BCUT2D eigenvalue weighted by molar-refractivity contribution is 6.30. The molecule has 0 amide bonds. The molecule has 4 nitrogen and oxygen atoms in total. The van der Waals surface area contributed by atoms with E-state index in [9.17, 15) is 0 Å². The van der Waals surface area contributed by atoms with Crippen molar-refractivity contribution in [2.45, 2.75) is 26.2 Å². The number of nitrogens with one attached hydrogen (secondary N) is 2. The van der Waals surface area contributed by atoms with Gasteiger partial charge in [-0.2, -0.15) is 0 Å². The molecular weight excluding hydrogens is 310 g/mol. The van der Waals surface area contributed by atoms with Gasteiger partial charge in [-0.1, -0.05) is 35.4 Å². The first kappa shape index (κ1) is 17.8. The Morgan fingerprint density at radius 1 is 1.30 bits per heavy atom. The van der Waals surface area contributed by atoms with Crippen LogP contribution in [-0.2, 0) is 11.2 Å². The zero-order chi connectivity index (χ0) is 16.3. The number of guanidine groups is 1. The molecule has 5 heteroatoms. The summed E-state index contributed by atoms with van der Waals surface area (Å²) in [5.41, 5.74) is 2.68. The number of hydrogen-bond acceptors (Lipinski definition) is 2. The fourth-order valence-corrected chi connectivity index (χ4v) is 2.68. The monoisotopic (exact) mass is 335 g/mol. The van der Waals surface area contributed by atoms with E-state index >= 15 is 0 Å². The SMILES string of the molecule is CCNC(=NCCC1=CCOCC1)NCCc1cccc(Cl)c1. The van der Waals surface area contributed by atoms with Gasteiger partial charge in [0.05, 0.1) is 13.2 Å². The predicted molar refractivity (Wildman–Crippen MR) is 97.3 cm³/mol. The number of aliphatic imine (C=N–C) groups is 1. The van der Waals surface area contributed by atoms with Gasteiger partial charge < -0.3 is 15.4 Å². The molecule has 2 rings (SSSR count). The van der Waals surface area contributed by atoms with Crippen LogP contribution in [0.15, 0.2) is 40.9 Å². The summed E-state index contributed by atoms with van der Waals surface area (Å²) in [6.07, 6.45) is 5.15. The molecule has 0 aromatic heterocycles. The normalized spacial score (nSPS) is 15.2. The molecular formula is C18H26ClN3O. The third-order valence-electron chi connectivity index (χ3n) is 3.70. The van der Waals surface area contributed by atoms with Gasteiger partial charge in [-0.05, 0) is 43.9 Å². The maximum atomic E-state index is 6.01. The van der Waals surface area contributed by atoms with Crippen LogP contribution in [0.25, 0.3) is 0 Å². The van der Waals surface area contributed by atoms with Crippen LogP contribution in [0.3, 0.4) is 0 Å². The number of nitrogens with zero attached hydrogens (tertiary/aromatic N) is 1. The quantitative estimate of drug-likeness (QED) is 0.457. The van der Waals surface area contributed by atoms with Crippen molar-refractivity contribution in [2.24, 2.45) is 4.99 Å². The summed E-state index contributed by atoms with van der Waals surface area (Å²) in [5, 5.41) is 7.45. The second-order valence-electron chi connectivity index (χ2n) is 5.50. The van der Waals surface area contributed by atoms with Crippen molar-refractivity contribution in [2.75, 3.05) is 32.8 Å². The molecule has 1 aromatic carbocycles. The fraction of sp³-hybridized carbons (Fsp3) is 0.500. The maximum Gasteiger partial charge on any atom is 0.191 e. The van der Waals surface area contributed by atoms with E-state index in [1.54, 1.807) is 0 Å². The molecule has 0 saturated heterocycles. The van der Waals surface area contributed by atoms with E-state index in [1.165, 1.54) is 11.1 Å². The highest BCUT2D eigenvalue weighted by Gasteiger charge is 2.03. The van der Waals surface area contributed by atoms with E-state index in [2.05, 4.69) is 34.7 Å². The van der Waals surface area contributed by atoms with Crippen molar-refractivity contribution in [3.8, 4) is 0 Å². The van der Waals surface area contributed by atoms with Crippen LogP contribution in [0.1, 0.15) is 25.3 Å². The highest BCUT2D eigenvalue weighted by Crippen LogP contribution is 2.12. The standard InChI is InChI=1S/C18H26ClN3O/c1-2-20-18(21-10-6-15-8-12-23-13-9-15)22-11-7-16-4-3-5-17(19)14-16/h3-5,8,14H,2,6-7,9-13H2,1H3,(H2,20,21,22). The largest absolute Gasteiger partial charge is 0.377 e. The van der Waals surface area contributed by atoms with Crippen molar-refractivity contribution < 1.29 is 4.74 Å². The number of rotatable bonds is 7. The number of hydrogen-bond donors (Lipinski definition) is 2. The first-order valence-electron chi connectivity index (χ1n) is 8.30. The molecule has 0 fully saturated rings. The molecule has 1 heterocycles. The molecule has 0 bridgehead atoms. The van der Waals surface area contributed by atoms with Gasteiger partial charge in [-0.3, -0.25) is 4.99 Å². The number of halogens is 1. The van der Waals surface area contributed by atoms with Gasteiger partial charge in [0.25, 0.3) is 0 Å². The lowest BCUT2D eigenvalue weighted by Crippen LogP contribution is -2.38. The lowest BCUT2D eigenvalue weighted by molar-refractivity contribution is 0.153. The molecule has 0 aliphatic carbocycles. The van der Waals surface area contributed by atoms with Crippen LogP contribution in [0.4, 0.5) is 0 Å². The third-order valence-corrected chi connectivity index (χ3v) is 3.93. The highest BCUT2D eigenvalue weighted by atomic mass is 35.5. The van der Waals surface area contributed by atoms with E-state index in [0.717, 1.165) is 63.1 Å². The maximum absolute atomic E-state index is 6.01. The number of ether oxygens (including phenoxy) is 1. The summed E-state index contributed by atoms with van der Waals surface area (Å²) in [7, 11) is 0. The number of benzene rings is 1. The van der Waals surface area contributed by atoms with Gasteiger partial charge in [0.1, 0.15) is 0 Å². The Hall–Kier alpha value is -1.52. The van der Waals surface area contributed by atoms with E-state index < -0.39 is 0 Å². The Labute approximate surface area is 144 Å². The molecule has 2 N–H and O–H groups in total. The van der Waals surface area contributed by atoms with E-state index in [0.29, 0.717) is 0 Å². The molecule has 23 heavy (non-hydrogen) atoms. The van der Waals surface area contributed by atoms with Crippen molar-refractivity contribution >= 4 is 17.6 Å². The molecule has 0 atom stereocenters. The minimum Gasteiger partial charge on any atom is -0.377 e. The van der Waals surface area contributed by atoms with Crippen LogP contribution in [-0.4, -0.2) is 38.8 Å². The van der Waals surface area contributed by atoms with Crippen LogP contribution in [0.2, 0.25) is 5.02 Å². The van der Waals surface area contributed by atoms with Gasteiger partial charge in [0.15, 0.2) is 5.96 Å². The van der Waals surface area contributed by atoms with Gasteiger partial charge in [0, 0.05) is 24.7 Å². The van der Waals surface area contributed by atoms with Gasteiger partial charge >= 0.3 is 0 Å². The summed E-state index contributed by atoms with van der Waals surface area (Å²) in [4.78, 5) is 4.64. The van der Waals surface area contributed by atoms with Crippen LogP contribution in [0.5, 0.6) is 0 Å². The van der Waals surface area contributed by atoms with Gasteiger partial charge in [0.2, 0.25) is 0 Å². The second kappa shape index (κ2) is 10.3. The van der Waals surface area contributed by atoms with Crippen molar-refractivity contribution in [1.29, 1.82) is 0 Å². The lowest BCUT2D eigenvalue weighted by Gasteiger charge is -2.14. The summed E-state index contributed by atoms with van der Waals surface area (Å²) in [6, 6.07) is 7.98. The zero-order valence-electron chi connectivity index (χ0n) is 13.8. The molecule has 1 aliphatic rings. The molecule has 0 unspecified atom stereocenters. The Balaban J connectivity index is 1.75. The first-order valence-corrected chi connectivity index (χ1v) is 8.68. The van der Waals surface area contributed by atoms with Crippen LogP contribution < -0.4 is 10.6 Å². The summed E-state index contributed by atoms with van der Waals surface area (Å²) >= 11 is 6.01. The molecule has 0 spiro atoms. The van der Waals surface area contributed by atoms with E-state index in [-0.39, 0.29) is 0 Å². The summed E-state index contributed by atoms with van der Waals surface area (Å²) in [6.45, 7) is 6.17. The van der Waals surface area contributed by atoms with E-state index in [4.69, 9.17) is 16.3 Å². The fourth-order valence-electron chi connectivity index (χ4n) is 2.46. The molecule has 0 radical (unpaired) electrons. The van der Waals surface area contributed by atoms with Crippen LogP contribution >= 0.6 is 11.6 Å². The van der Waals surface area contributed by atoms with E-state index in [1.807, 2.05) is 18.2 Å². The van der Waals surface area contributed by atoms with Gasteiger partial charge in [-0.15, -0.1) is 0 Å². The third kappa shape index (κ3) is 7.06. The van der Waals surface area contributed by atoms with Crippen molar-refractivity contribution in [3.63, 3.8) is 0 Å². The van der Waals surface area contributed by atoms with Crippen molar-refractivity contribution in [1.82, 2.24) is 10.6 Å². The second-order valence-corrected chi connectivity index (χ2v) is 5.94. The minimum atomic E-state index is 0.747. The Kier molecular flexibility index (Phi) is 7.98. The topological polar surface area (TPSA) is 45.7 Å². The first-order chi connectivity index (χ1) is 11.3. The summed E-state index contributed by atoms with van der Waals surface area (Å²) in [5.74, 6) is 0.877. The average molecular weight is 336 g/mol. The van der Waals surface area contributed by atoms with Crippen LogP contribution in [0, 0.1) is 0 Å². The lowest BCUT2D eigenvalue weighted by atomic mass is 10.1. The Morgan fingerprint density at radius 2 is 2.22 bits per heavy atom. The Bertz CT molecular complexity index is 543.